The fourth-order valence-electron chi connectivity index (χ4n) is 4.19. The molecule has 12 heteroatoms. The number of carbonyl (C=O) groups is 4. The summed E-state index contributed by atoms with van der Waals surface area (Å²) in [6, 6.07) is 20.1. The predicted octanol–water partition coefficient (Wildman–Crippen LogP) is -0.240. The van der Waals surface area contributed by atoms with Crippen molar-refractivity contribution >= 4 is 40.5 Å². The standard InChI is InChI=1S/C31H31N5O6.Na/c37-28(38)16-14-23-9-2-4-11-25(23)35-29(39)26(12-6-18-33-31(41)42-20-21-7-5-17-32-19-21)36-30(40)27-15-13-22-8-1-3-10-24(22)34-27;/h1-5,7-11,13,15,17,19,26H,6,12,14,16,18,20H2,(H,33,41)(H,35,39)(H,36,40)(H,37,38);/q;+1/p-1/t26-;/m0./s1. The first-order valence-electron chi connectivity index (χ1n) is 13.4. The number of para-hydroxylation sites is 2. The van der Waals surface area contributed by atoms with Crippen LogP contribution in [0.4, 0.5) is 10.5 Å². The number of anilines is 1. The van der Waals surface area contributed by atoms with Crippen LogP contribution in [0.5, 0.6) is 0 Å². The summed E-state index contributed by atoms with van der Waals surface area (Å²) in [5, 5.41) is 20.0. The fraction of sp³-hybridized carbons (Fsp3) is 0.226. The van der Waals surface area contributed by atoms with Crippen molar-refractivity contribution in [1.82, 2.24) is 20.6 Å². The van der Waals surface area contributed by atoms with Crippen LogP contribution in [-0.4, -0.2) is 46.4 Å². The molecule has 0 fully saturated rings. The smallest absolute Gasteiger partial charge is 0.550 e. The Morgan fingerprint density at radius 2 is 1.72 bits per heavy atom. The van der Waals surface area contributed by atoms with Gasteiger partial charge in [-0.1, -0.05) is 48.5 Å². The number of hydrogen-bond donors (Lipinski definition) is 3. The summed E-state index contributed by atoms with van der Waals surface area (Å²) in [4.78, 5) is 58.0. The van der Waals surface area contributed by atoms with Gasteiger partial charge in [-0.3, -0.25) is 14.6 Å². The van der Waals surface area contributed by atoms with E-state index in [1.807, 2.05) is 18.2 Å². The van der Waals surface area contributed by atoms with Gasteiger partial charge in [0.25, 0.3) is 5.91 Å². The maximum absolute atomic E-state index is 13.4. The number of aromatic nitrogens is 2. The molecule has 0 bridgehead atoms. The zero-order valence-electron chi connectivity index (χ0n) is 23.7. The third-order valence-corrected chi connectivity index (χ3v) is 6.36. The van der Waals surface area contributed by atoms with Crippen LogP contribution in [0.15, 0.2) is 85.2 Å². The molecule has 2 heterocycles. The van der Waals surface area contributed by atoms with Gasteiger partial charge < -0.3 is 30.6 Å². The molecule has 0 saturated carbocycles. The number of nitrogens with one attached hydrogen (secondary N) is 3. The Labute approximate surface area is 270 Å². The normalized spacial score (nSPS) is 11.1. The van der Waals surface area contributed by atoms with Gasteiger partial charge in [0, 0.05) is 41.5 Å². The average molecular weight is 592 g/mol. The Morgan fingerprint density at radius 1 is 0.930 bits per heavy atom. The third-order valence-electron chi connectivity index (χ3n) is 6.36. The van der Waals surface area contributed by atoms with E-state index in [9.17, 15) is 24.3 Å². The molecular weight excluding hydrogens is 561 g/mol. The van der Waals surface area contributed by atoms with Crippen LogP contribution >= 0.6 is 0 Å². The molecule has 2 aromatic carbocycles. The SMILES string of the molecule is O=C([O-])CCc1ccccc1NC(=O)[C@H](CCCNC(=O)OCc1cccnc1)NC(=O)c1ccc2ccccc2n1.[Na+]. The number of pyridine rings is 2. The number of ether oxygens (including phenoxy) is 1. The van der Waals surface area contributed by atoms with Crippen molar-refractivity contribution in [2.75, 3.05) is 11.9 Å². The number of carboxylic acids is 1. The number of rotatable bonds is 13. The van der Waals surface area contributed by atoms with Crippen LogP contribution in [0, 0.1) is 0 Å². The van der Waals surface area contributed by atoms with E-state index >= 15 is 0 Å². The number of aliphatic carboxylic acids is 1. The van der Waals surface area contributed by atoms with Gasteiger partial charge in [0.05, 0.1) is 5.52 Å². The molecule has 0 aliphatic rings. The van der Waals surface area contributed by atoms with Crippen molar-refractivity contribution in [3.05, 3.63) is 102 Å². The molecule has 0 aliphatic carbocycles. The maximum Gasteiger partial charge on any atom is 1.00 e. The number of fused-ring (bicyclic) bond motifs is 1. The second-order valence-electron chi connectivity index (χ2n) is 9.44. The summed E-state index contributed by atoms with van der Waals surface area (Å²) in [5.41, 5.74) is 2.59. The van der Waals surface area contributed by atoms with Crippen LogP contribution in [0.1, 0.15) is 40.9 Å². The van der Waals surface area contributed by atoms with Gasteiger partial charge >= 0.3 is 35.7 Å². The average Bonchev–Trinajstić information content (AvgIpc) is 3.01. The second-order valence-corrected chi connectivity index (χ2v) is 9.44. The van der Waals surface area contributed by atoms with Crippen LogP contribution in [0.3, 0.4) is 0 Å². The number of hydrogen-bond acceptors (Lipinski definition) is 8. The van der Waals surface area contributed by atoms with Gasteiger partial charge in [-0.2, -0.15) is 0 Å². The zero-order chi connectivity index (χ0) is 29.7. The van der Waals surface area contributed by atoms with E-state index < -0.39 is 29.9 Å². The number of amides is 3. The fourth-order valence-corrected chi connectivity index (χ4v) is 4.19. The summed E-state index contributed by atoms with van der Waals surface area (Å²) >= 11 is 0. The minimum absolute atomic E-state index is 0. The molecule has 0 spiro atoms. The molecule has 3 N–H and O–H groups in total. The molecule has 3 amide bonds. The number of carboxylic acid groups (broad SMARTS) is 1. The van der Waals surface area contributed by atoms with Gasteiger partial charge in [0.2, 0.25) is 5.91 Å². The minimum Gasteiger partial charge on any atom is -0.550 e. The molecule has 0 aliphatic heterocycles. The first-order valence-corrected chi connectivity index (χ1v) is 13.4. The van der Waals surface area contributed by atoms with Crippen molar-refractivity contribution in [2.24, 2.45) is 0 Å². The Hall–Kier alpha value is -4.32. The molecule has 1 atom stereocenters. The van der Waals surface area contributed by atoms with Crippen molar-refractivity contribution < 1.29 is 58.6 Å². The molecule has 2 aromatic heterocycles. The van der Waals surface area contributed by atoms with E-state index in [1.54, 1.807) is 67.0 Å². The van der Waals surface area contributed by atoms with E-state index in [1.165, 1.54) is 0 Å². The molecule has 0 radical (unpaired) electrons. The first kappa shape index (κ1) is 33.2. The monoisotopic (exact) mass is 591 g/mol. The minimum atomic E-state index is -1.20. The van der Waals surface area contributed by atoms with Gasteiger partial charge in [0.1, 0.15) is 18.3 Å². The summed E-state index contributed by atoms with van der Waals surface area (Å²) in [6.45, 7) is 0.263. The number of aryl methyl sites for hydroxylation is 1. The van der Waals surface area contributed by atoms with E-state index in [-0.39, 0.29) is 67.7 Å². The van der Waals surface area contributed by atoms with Crippen LogP contribution < -0.4 is 50.6 Å². The van der Waals surface area contributed by atoms with Crippen molar-refractivity contribution in [1.29, 1.82) is 0 Å². The van der Waals surface area contributed by atoms with Crippen molar-refractivity contribution in [2.45, 2.75) is 38.3 Å². The van der Waals surface area contributed by atoms with E-state index in [0.717, 1.165) is 10.9 Å². The predicted molar refractivity (Wildman–Crippen MR) is 153 cm³/mol. The largest absolute Gasteiger partial charge is 1.00 e. The number of carbonyl (C=O) groups excluding carboxylic acids is 4. The van der Waals surface area contributed by atoms with Gasteiger partial charge in [-0.25, -0.2) is 9.78 Å². The van der Waals surface area contributed by atoms with Crippen molar-refractivity contribution in [3.63, 3.8) is 0 Å². The van der Waals surface area contributed by atoms with Crippen LogP contribution in [0.25, 0.3) is 10.9 Å². The molecule has 0 unspecified atom stereocenters. The Bertz CT molecular complexity index is 1550. The van der Waals surface area contributed by atoms with Crippen molar-refractivity contribution in [3.8, 4) is 0 Å². The third kappa shape index (κ3) is 10.5. The van der Waals surface area contributed by atoms with E-state index in [4.69, 9.17) is 4.74 Å². The summed E-state index contributed by atoms with van der Waals surface area (Å²) in [6.07, 6.45) is 3.10. The Kier molecular flexibility index (Phi) is 13.1. The first-order chi connectivity index (χ1) is 20.4. The van der Waals surface area contributed by atoms with Gasteiger partial charge in [-0.15, -0.1) is 0 Å². The topological polar surface area (TPSA) is 162 Å². The Balaban J connectivity index is 0.00000506. The maximum atomic E-state index is 13.4. The molecule has 0 saturated heterocycles. The number of nitrogens with zero attached hydrogens (tertiary/aromatic N) is 2. The molecular formula is C31H30N5NaO6. The van der Waals surface area contributed by atoms with Gasteiger partial charge in [0.15, 0.2) is 0 Å². The molecule has 4 aromatic rings. The van der Waals surface area contributed by atoms with Crippen LogP contribution in [-0.2, 0) is 27.4 Å². The molecule has 43 heavy (non-hydrogen) atoms. The Morgan fingerprint density at radius 3 is 2.51 bits per heavy atom. The summed E-state index contributed by atoms with van der Waals surface area (Å²) in [7, 11) is 0. The zero-order valence-corrected chi connectivity index (χ0v) is 25.7. The number of alkyl carbamates (subject to hydrolysis) is 1. The second kappa shape index (κ2) is 17.0. The van der Waals surface area contributed by atoms with Gasteiger partial charge in [-0.05, 0) is 55.5 Å². The summed E-state index contributed by atoms with van der Waals surface area (Å²) < 4.78 is 5.18. The summed E-state index contributed by atoms with van der Waals surface area (Å²) in [5.74, 6) is -2.23. The molecule has 4 rings (SSSR count). The van der Waals surface area contributed by atoms with E-state index in [2.05, 4.69) is 25.9 Å². The molecule has 11 nitrogen and oxygen atoms in total. The quantitative estimate of drug-likeness (QED) is 0.142. The number of benzene rings is 2. The molecule has 216 valence electrons. The van der Waals surface area contributed by atoms with Crippen LogP contribution in [0.2, 0.25) is 0 Å². The van der Waals surface area contributed by atoms with E-state index in [0.29, 0.717) is 23.2 Å².